The van der Waals surface area contributed by atoms with Gasteiger partial charge in [-0.25, -0.2) is 9.97 Å². The Morgan fingerprint density at radius 3 is 2.65 bits per heavy atom. The van der Waals surface area contributed by atoms with Crippen LogP contribution >= 0.6 is 39.1 Å². The number of nitrogens with one attached hydrogen (secondary N) is 1. The second-order valence-electron chi connectivity index (χ2n) is 3.18. The number of nitrogen functional groups attached to an aromatic ring is 1. The van der Waals surface area contributed by atoms with Crippen LogP contribution in [0.3, 0.4) is 0 Å². The van der Waals surface area contributed by atoms with Crippen molar-refractivity contribution in [2.24, 2.45) is 0 Å². The Kier molecular flexibility index (Phi) is 3.71. The van der Waals surface area contributed by atoms with E-state index in [2.05, 4.69) is 31.2 Å². The third-order valence-electron chi connectivity index (χ3n) is 2.00. The number of halogens is 3. The lowest BCUT2D eigenvalue weighted by Crippen LogP contribution is -1.99. The lowest BCUT2D eigenvalue weighted by molar-refractivity contribution is 1.16. The first kappa shape index (κ1) is 12.4. The molecule has 88 valence electrons. The molecule has 1 aromatic heterocycles. The normalized spacial score (nSPS) is 10.3. The van der Waals surface area contributed by atoms with Gasteiger partial charge in [-0.15, -0.1) is 0 Å². The standard InChI is InChI=1S/C10H7BrCl2N4/c11-8-9(14)15-4-16-10(8)17-5-1-2-6(12)7(13)3-5/h1-4H,(H3,14,15,16,17). The molecule has 0 bridgehead atoms. The summed E-state index contributed by atoms with van der Waals surface area (Å²) in [5.41, 5.74) is 6.41. The van der Waals surface area contributed by atoms with Crippen LogP contribution in [0.2, 0.25) is 10.0 Å². The van der Waals surface area contributed by atoms with Crippen LogP contribution in [0.15, 0.2) is 29.0 Å². The fourth-order valence-corrected chi connectivity index (χ4v) is 1.78. The summed E-state index contributed by atoms with van der Waals surface area (Å²) >= 11 is 15.0. The van der Waals surface area contributed by atoms with E-state index in [0.29, 0.717) is 26.2 Å². The maximum atomic E-state index is 5.91. The molecule has 0 radical (unpaired) electrons. The van der Waals surface area contributed by atoms with Crippen LogP contribution in [0.25, 0.3) is 0 Å². The molecule has 0 aliphatic rings. The summed E-state index contributed by atoms with van der Waals surface area (Å²) in [6.07, 6.45) is 1.37. The Hall–Kier alpha value is -1.04. The summed E-state index contributed by atoms with van der Waals surface area (Å²) in [5.74, 6) is 0.929. The van der Waals surface area contributed by atoms with Gasteiger partial charge in [0.05, 0.1) is 10.0 Å². The maximum absolute atomic E-state index is 5.91. The molecule has 1 heterocycles. The Labute approximate surface area is 116 Å². The molecule has 0 amide bonds. The largest absolute Gasteiger partial charge is 0.383 e. The highest BCUT2D eigenvalue weighted by Gasteiger charge is 2.07. The van der Waals surface area contributed by atoms with Gasteiger partial charge in [-0.3, -0.25) is 0 Å². The zero-order valence-electron chi connectivity index (χ0n) is 8.42. The number of benzene rings is 1. The van der Waals surface area contributed by atoms with Crippen LogP contribution in [0.4, 0.5) is 17.3 Å². The van der Waals surface area contributed by atoms with Crippen LogP contribution in [0.1, 0.15) is 0 Å². The van der Waals surface area contributed by atoms with Crippen molar-refractivity contribution in [2.75, 3.05) is 11.1 Å². The van der Waals surface area contributed by atoms with Crippen molar-refractivity contribution in [3.05, 3.63) is 39.0 Å². The van der Waals surface area contributed by atoms with Crippen molar-refractivity contribution >= 4 is 56.5 Å². The summed E-state index contributed by atoms with van der Waals surface area (Å²) in [6, 6.07) is 5.19. The fraction of sp³-hybridized carbons (Fsp3) is 0. The quantitative estimate of drug-likeness (QED) is 0.875. The van der Waals surface area contributed by atoms with Crippen molar-refractivity contribution in [1.82, 2.24) is 9.97 Å². The van der Waals surface area contributed by atoms with Crippen LogP contribution in [0.5, 0.6) is 0 Å². The zero-order chi connectivity index (χ0) is 12.4. The molecule has 0 saturated carbocycles. The van der Waals surface area contributed by atoms with Gasteiger partial charge in [-0.1, -0.05) is 23.2 Å². The third-order valence-corrected chi connectivity index (χ3v) is 3.52. The van der Waals surface area contributed by atoms with E-state index < -0.39 is 0 Å². The molecule has 17 heavy (non-hydrogen) atoms. The van der Waals surface area contributed by atoms with Gasteiger partial charge in [0.15, 0.2) is 0 Å². The number of aromatic nitrogens is 2. The molecule has 0 saturated heterocycles. The molecular weight excluding hydrogens is 327 g/mol. The van der Waals surface area contributed by atoms with Gasteiger partial charge >= 0.3 is 0 Å². The predicted molar refractivity (Wildman–Crippen MR) is 73.9 cm³/mol. The molecule has 0 atom stereocenters. The summed E-state index contributed by atoms with van der Waals surface area (Å²) in [6.45, 7) is 0. The highest BCUT2D eigenvalue weighted by molar-refractivity contribution is 9.10. The molecule has 0 aliphatic heterocycles. The van der Waals surface area contributed by atoms with Crippen molar-refractivity contribution in [2.45, 2.75) is 0 Å². The summed E-state index contributed by atoms with van der Waals surface area (Å²) in [4.78, 5) is 7.91. The van der Waals surface area contributed by atoms with E-state index in [4.69, 9.17) is 28.9 Å². The minimum absolute atomic E-state index is 0.363. The third kappa shape index (κ3) is 2.80. The average Bonchev–Trinajstić information content (AvgIpc) is 2.30. The number of rotatable bonds is 2. The number of hydrogen-bond donors (Lipinski definition) is 2. The van der Waals surface area contributed by atoms with Crippen molar-refractivity contribution in [3.63, 3.8) is 0 Å². The van der Waals surface area contributed by atoms with E-state index in [1.54, 1.807) is 18.2 Å². The Bertz CT molecular complexity index is 562. The smallest absolute Gasteiger partial charge is 0.150 e. The second-order valence-corrected chi connectivity index (χ2v) is 4.78. The first-order valence-electron chi connectivity index (χ1n) is 4.56. The van der Waals surface area contributed by atoms with E-state index in [-0.39, 0.29) is 0 Å². The summed E-state index contributed by atoms with van der Waals surface area (Å²) < 4.78 is 0.603. The van der Waals surface area contributed by atoms with Crippen LogP contribution < -0.4 is 11.1 Å². The molecule has 0 aliphatic carbocycles. The Balaban J connectivity index is 2.31. The number of nitrogens with two attached hydrogens (primary N) is 1. The molecular formula is C10H7BrCl2N4. The van der Waals surface area contributed by atoms with Crippen molar-refractivity contribution in [3.8, 4) is 0 Å². The second kappa shape index (κ2) is 5.08. The fourth-order valence-electron chi connectivity index (χ4n) is 1.18. The Morgan fingerprint density at radius 2 is 1.94 bits per heavy atom. The van der Waals surface area contributed by atoms with Gasteiger partial charge in [-0.2, -0.15) is 0 Å². The SMILES string of the molecule is Nc1ncnc(Nc2ccc(Cl)c(Cl)c2)c1Br. The van der Waals surface area contributed by atoms with Gasteiger partial charge in [0.1, 0.15) is 22.4 Å². The van der Waals surface area contributed by atoms with Crippen LogP contribution in [-0.4, -0.2) is 9.97 Å². The van der Waals surface area contributed by atoms with Gasteiger partial charge in [-0.05, 0) is 34.1 Å². The molecule has 0 unspecified atom stereocenters. The lowest BCUT2D eigenvalue weighted by Gasteiger charge is -2.08. The van der Waals surface area contributed by atoms with Gasteiger partial charge in [0.25, 0.3) is 0 Å². The van der Waals surface area contributed by atoms with E-state index >= 15 is 0 Å². The molecule has 3 N–H and O–H groups in total. The number of anilines is 3. The maximum Gasteiger partial charge on any atom is 0.150 e. The molecule has 0 fully saturated rings. The van der Waals surface area contributed by atoms with Gasteiger partial charge in [0, 0.05) is 5.69 Å². The monoisotopic (exact) mass is 332 g/mol. The molecule has 1 aromatic carbocycles. The minimum Gasteiger partial charge on any atom is -0.383 e. The van der Waals surface area contributed by atoms with Crippen molar-refractivity contribution < 1.29 is 0 Å². The topological polar surface area (TPSA) is 63.8 Å². The van der Waals surface area contributed by atoms with E-state index in [1.807, 2.05) is 0 Å². The molecule has 0 spiro atoms. The first-order valence-corrected chi connectivity index (χ1v) is 6.11. The molecule has 4 nitrogen and oxygen atoms in total. The summed E-state index contributed by atoms with van der Waals surface area (Å²) in [7, 11) is 0. The van der Waals surface area contributed by atoms with E-state index in [1.165, 1.54) is 6.33 Å². The zero-order valence-corrected chi connectivity index (χ0v) is 11.5. The number of hydrogen-bond acceptors (Lipinski definition) is 4. The van der Waals surface area contributed by atoms with Crippen LogP contribution in [0, 0.1) is 0 Å². The lowest BCUT2D eigenvalue weighted by atomic mass is 10.3. The van der Waals surface area contributed by atoms with Gasteiger partial charge in [0.2, 0.25) is 0 Å². The molecule has 7 heteroatoms. The first-order chi connectivity index (χ1) is 8.08. The van der Waals surface area contributed by atoms with E-state index in [0.717, 1.165) is 5.69 Å². The average molecular weight is 334 g/mol. The van der Waals surface area contributed by atoms with Crippen molar-refractivity contribution in [1.29, 1.82) is 0 Å². The molecule has 2 aromatic rings. The number of nitrogens with zero attached hydrogens (tertiary/aromatic N) is 2. The van der Waals surface area contributed by atoms with E-state index in [9.17, 15) is 0 Å². The Morgan fingerprint density at radius 1 is 1.18 bits per heavy atom. The van der Waals surface area contributed by atoms with Crippen LogP contribution in [-0.2, 0) is 0 Å². The highest BCUT2D eigenvalue weighted by atomic mass is 79.9. The summed E-state index contributed by atoms with van der Waals surface area (Å²) in [5, 5.41) is 4.03. The highest BCUT2D eigenvalue weighted by Crippen LogP contribution is 2.30. The predicted octanol–water partition coefficient (Wildman–Crippen LogP) is 3.87. The minimum atomic E-state index is 0.363. The molecule has 2 rings (SSSR count). The van der Waals surface area contributed by atoms with Gasteiger partial charge < -0.3 is 11.1 Å².